The Balaban J connectivity index is 1.74. The minimum Gasteiger partial charge on any atom is -0.399 e. The summed E-state index contributed by atoms with van der Waals surface area (Å²) in [7, 11) is 1.74. The van der Waals surface area contributed by atoms with Crippen molar-refractivity contribution in [3.8, 4) is 0 Å². The van der Waals surface area contributed by atoms with Crippen LogP contribution in [-0.4, -0.2) is 44.2 Å². The predicted molar refractivity (Wildman–Crippen MR) is 80.5 cm³/mol. The van der Waals surface area contributed by atoms with Crippen LogP contribution in [0.15, 0.2) is 24.3 Å². The summed E-state index contributed by atoms with van der Waals surface area (Å²) in [6.45, 7) is 3.20. The van der Waals surface area contributed by atoms with Gasteiger partial charge in [-0.3, -0.25) is 9.69 Å². The molecule has 0 unspecified atom stereocenters. The van der Waals surface area contributed by atoms with Crippen LogP contribution in [0, 0.1) is 5.92 Å². The van der Waals surface area contributed by atoms with Crippen molar-refractivity contribution < 1.29 is 9.53 Å². The van der Waals surface area contributed by atoms with Gasteiger partial charge in [0, 0.05) is 25.1 Å². The number of nitrogens with one attached hydrogen (secondary N) is 1. The molecule has 0 saturated carbocycles. The third kappa shape index (κ3) is 4.51. The number of hydrogen-bond donors (Lipinski definition) is 2. The second-order valence-electron chi connectivity index (χ2n) is 5.35. The average molecular weight is 277 g/mol. The van der Waals surface area contributed by atoms with Crippen LogP contribution >= 0.6 is 0 Å². The molecule has 2 rings (SSSR count). The third-order valence-corrected chi connectivity index (χ3v) is 3.67. The van der Waals surface area contributed by atoms with E-state index in [2.05, 4.69) is 10.2 Å². The normalized spacial score (nSPS) is 17.1. The van der Waals surface area contributed by atoms with Crippen LogP contribution in [-0.2, 0) is 9.53 Å². The molecule has 1 aromatic rings. The highest BCUT2D eigenvalue weighted by atomic mass is 16.5. The Morgan fingerprint density at radius 1 is 1.35 bits per heavy atom. The van der Waals surface area contributed by atoms with E-state index >= 15 is 0 Å². The molecule has 0 spiro atoms. The van der Waals surface area contributed by atoms with Crippen LogP contribution in [0.5, 0.6) is 0 Å². The minimum absolute atomic E-state index is 0.0277. The van der Waals surface area contributed by atoms with Crippen LogP contribution < -0.4 is 11.1 Å². The number of hydrogen-bond acceptors (Lipinski definition) is 4. The number of anilines is 2. The van der Waals surface area contributed by atoms with Crippen molar-refractivity contribution in [2.45, 2.75) is 12.8 Å². The average Bonchev–Trinajstić information content (AvgIpc) is 2.44. The molecule has 1 heterocycles. The van der Waals surface area contributed by atoms with Gasteiger partial charge in [-0.15, -0.1) is 0 Å². The zero-order valence-corrected chi connectivity index (χ0v) is 12.0. The van der Waals surface area contributed by atoms with Crippen molar-refractivity contribution in [1.29, 1.82) is 0 Å². The fourth-order valence-electron chi connectivity index (χ4n) is 2.52. The summed E-state index contributed by atoms with van der Waals surface area (Å²) in [6, 6.07) is 7.20. The molecule has 3 N–H and O–H groups in total. The molecule has 0 aliphatic carbocycles. The topological polar surface area (TPSA) is 67.6 Å². The van der Waals surface area contributed by atoms with Gasteiger partial charge in [-0.1, -0.05) is 0 Å². The van der Waals surface area contributed by atoms with Crippen molar-refractivity contribution in [2.24, 2.45) is 5.92 Å². The Labute approximate surface area is 120 Å². The smallest absolute Gasteiger partial charge is 0.238 e. The summed E-state index contributed by atoms with van der Waals surface area (Å²) >= 11 is 0. The molecule has 1 aliphatic heterocycles. The van der Waals surface area contributed by atoms with E-state index < -0.39 is 0 Å². The maximum atomic E-state index is 12.0. The van der Waals surface area contributed by atoms with E-state index in [1.807, 2.05) is 12.1 Å². The van der Waals surface area contributed by atoms with Gasteiger partial charge >= 0.3 is 0 Å². The first-order valence-corrected chi connectivity index (χ1v) is 7.04. The molecule has 0 radical (unpaired) electrons. The van der Waals surface area contributed by atoms with Gasteiger partial charge in [-0.05, 0) is 56.1 Å². The largest absolute Gasteiger partial charge is 0.399 e. The SMILES string of the molecule is COCC1CCN(CC(=O)Nc2ccc(N)cc2)CC1. The first-order chi connectivity index (χ1) is 9.67. The van der Waals surface area contributed by atoms with Gasteiger partial charge in [0.15, 0.2) is 0 Å². The van der Waals surface area contributed by atoms with Crippen LogP contribution in [0.2, 0.25) is 0 Å². The number of carbonyl (C=O) groups excluding carboxylic acids is 1. The number of nitrogen functional groups attached to an aromatic ring is 1. The number of benzene rings is 1. The maximum absolute atomic E-state index is 12.0. The summed E-state index contributed by atoms with van der Waals surface area (Å²) in [5.74, 6) is 0.663. The number of amides is 1. The number of nitrogens with zero attached hydrogens (tertiary/aromatic N) is 1. The van der Waals surface area contributed by atoms with E-state index in [1.54, 1.807) is 19.2 Å². The van der Waals surface area contributed by atoms with E-state index in [4.69, 9.17) is 10.5 Å². The van der Waals surface area contributed by atoms with E-state index in [0.29, 0.717) is 18.2 Å². The van der Waals surface area contributed by atoms with Gasteiger partial charge in [0.2, 0.25) is 5.91 Å². The molecular formula is C15H23N3O2. The fourth-order valence-corrected chi connectivity index (χ4v) is 2.52. The van der Waals surface area contributed by atoms with Crippen LogP contribution in [0.1, 0.15) is 12.8 Å². The highest BCUT2D eigenvalue weighted by molar-refractivity contribution is 5.92. The zero-order valence-electron chi connectivity index (χ0n) is 12.0. The molecule has 5 heteroatoms. The Morgan fingerprint density at radius 2 is 2.00 bits per heavy atom. The molecule has 1 saturated heterocycles. The molecule has 0 bridgehead atoms. The van der Waals surface area contributed by atoms with Crippen molar-refractivity contribution in [1.82, 2.24) is 4.90 Å². The van der Waals surface area contributed by atoms with Crippen molar-refractivity contribution in [3.63, 3.8) is 0 Å². The van der Waals surface area contributed by atoms with Gasteiger partial charge in [-0.25, -0.2) is 0 Å². The van der Waals surface area contributed by atoms with Crippen molar-refractivity contribution >= 4 is 17.3 Å². The lowest BCUT2D eigenvalue weighted by atomic mass is 9.98. The summed E-state index contributed by atoms with van der Waals surface area (Å²) in [6.07, 6.45) is 2.20. The van der Waals surface area contributed by atoms with E-state index in [1.165, 1.54) is 0 Å². The maximum Gasteiger partial charge on any atom is 0.238 e. The van der Waals surface area contributed by atoms with Gasteiger partial charge in [0.25, 0.3) is 0 Å². The molecule has 0 aromatic heterocycles. The molecule has 110 valence electrons. The van der Waals surface area contributed by atoms with Crippen molar-refractivity contribution in [3.05, 3.63) is 24.3 Å². The number of piperidine rings is 1. The lowest BCUT2D eigenvalue weighted by molar-refractivity contribution is -0.117. The number of likely N-dealkylation sites (tertiary alicyclic amines) is 1. The molecular weight excluding hydrogens is 254 g/mol. The summed E-state index contributed by atoms with van der Waals surface area (Å²) < 4.78 is 5.18. The summed E-state index contributed by atoms with van der Waals surface area (Å²) in [5.41, 5.74) is 7.10. The van der Waals surface area contributed by atoms with Gasteiger partial charge in [0.1, 0.15) is 0 Å². The molecule has 5 nitrogen and oxygen atoms in total. The highest BCUT2D eigenvalue weighted by Gasteiger charge is 2.20. The molecule has 20 heavy (non-hydrogen) atoms. The van der Waals surface area contributed by atoms with Crippen LogP contribution in [0.3, 0.4) is 0 Å². The second-order valence-corrected chi connectivity index (χ2v) is 5.35. The van der Waals surface area contributed by atoms with Crippen molar-refractivity contribution in [2.75, 3.05) is 44.4 Å². The number of nitrogens with two attached hydrogens (primary N) is 1. The van der Waals surface area contributed by atoms with Gasteiger partial charge < -0.3 is 15.8 Å². The third-order valence-electron chi connectivity index (χ3n) is 3.67. The quantitative estimate of drug-likeness (QED) is 0.802. The molecule has 1 aliphatic rings. The molecule has 1 amide bonds. The first kappa shape index (κ1) is 14.8. The van der Waals surface area contributed by atoms with E-state index in [9.17, 15) is 4.79 Å². The monoisotopic (exact) mass is 277 g/mol. The Kier molecular flexibility index (Phi) is 5.38. The lowest BCUT2D eigenvalue weighted by Gasteiger charge is -2.30. The fraction of sp³-hybridized carbons (Fsp3) is 0.533. The first-order valence-electron chi connectivity index (χ1n) is 7.04. The summed E-state index contributed by atoms with van der Waals surface area (Å²) in [5, 5.41) is 2.89. The van der Waals surface area contributed by atoms with E-state index in [-0.39, 0.29) is 5.91 Å². The molecule has 1 fully saturated rings. The Bertz CT molecular complexity index is 425. The number of carbonyl (C=O) groups is 1. The highest BCUT2D eigenvalue weighted by Crippen LogP contribution is 2.17. The Hall–Kier alpha value is -1.59. The Morgan fingerprint density at radius 3 is 2.60 bits per heavy atom. The molecule has 1 aromatic carbocycles. The second kappa shape index (κ2) is 7.26. The van der Waals surface area contributed by atoms with Crippen LogP contribution in [0.25, 0.3) is 0 Å². The number of ether oxygens (including phenoxy) is 1. The van der Waals surface area contributed by atoms with E-state index in [0.717, 1.165) is 38.2 Å². The predicted octanol–water partition coefficient (Wildman–Crippen LogP) is 1.57. The van der Waals surface area contributed by atoms with Gasteiger partial charge in [0.05, 0.1) is 6.54 Å². The summed E-state index contributed by atoms with van der Waals surface area (Å²) in [4.78, 5) is 14.2. The number of methoxy groups -OCH3 is 1. The minimum atomic E-state index is 0.0277. The standard InChI is InChI=1S/C15H23N3O2/c1-20-11-12-6-8-18(9-7-12)10-15(19)17-14-4-2-13(16)3-5-14/h2-5,12H,6-11,16H2,1H3,(H,17,19). The number of rotatable bonds is 5. The zero-order chi connectivity index (χ0) is 14.4. The van der Waals surface area contributed by atoms with Crippen LogP contribution in [0.4, 0.5) is 11.4 Å². The van der Waals surface area contributed by atoms with Gasteiger partial charge in [-0.2, -0.15) is 0 Å². The molecule has 0 atom stereocenters. The lowest BCUT2D eigenvalue weighted by Crippen LogP contribution is -2.40.